The quantitative estimate of drug-likeness (QED) is 0.695. The van der Waals surface area contributed by atoms with Crippen LogP contribution in [0.4, 0.5) is 5.00 Å². The molecule has 0 aliphatic carbocycles. The summed E-state index contributed by atoms with van der Waals surface area (Å²) in [6.45, 7) is 0. The molecule has 3 aromatic rings. The third kappa shape index (κ3) is 2.50. The molecule has 23 heavy (non-hydrogen) atoms. The maximum absolute atomic E-state index is 12.6. The van der Waals surface area contributed by atoms with Crippen LogP contribution in [0.1, 0.15) is 22.1 Å². The van der Waals surface area contributed by atoms with Gasteiger partial charge in [0.15, 0.2) is 0 Å². The molecule has 1 aromatic heterocycles. The van der Waals surface area contributed by atoms with Crippen molar-refractivity contribution in [1.29, 1.82) is 0 Å². The first-order valence-corrected chi connectivity index (χ1v) is 8.48. The van der Waals surface area contributed by atoms with E-state index in [4.69, 9.17) is 11.6 Å². The van der Waals surface area contributed by atoms with E-state index in [2.05, 4.69) is 10.6 Å². The Hall–Kier alpha value is -2.30. The van der Waals surface area contributed by atoms with Gasteiger partial charge in [-0.05, 0) is 11.6 Å². The third-order valence-electron chi connectivity index (χ3n) is 3.87. The molecule has 1 aliphatic rings. The van der Waals surface area contributed by atoms with Crippen molar-refractivity contribution in [3.05, 3.63) is 76.1 Å². The number of carbonyl (C=O) groups excluding carboxylic acids is 1. The number of amides is 1. The van der Waals surface area contributed by atoms with Gasteiger partial charge in [-0.2, -0.15) is 0 Å². The molecule has 2 aromatic carbocycles. The van der Waals surface area contributed by atoms with Crippen molar-refractivity contribution in [2.24, 2.45) is 0 Å². The SMILES string of the molecule is O=C1N[C@@H](c2ccccc2Cl)Nc2scc(-c3ccccc3)c21. The van der Waals surface area contributed by atoms with Gasteiger partial charge in [0, 0.05) is 21.5 Å². The van der Waals surface area contributed by atoms with Crippen molar-refractivity contribution in [3.8, 4) is 11.1 Å². The van der Waals surface area contributed by atoms with Gasteiger partial charge >= 0.3 is 0 Å². The van der Waals surface area contributed by atoms with Gasteiger partial charge in [-0.1, -0.05) is 60.1 Å². The Kier molecular flexibility index (Phi) is 3.56. The highest BCUT2D eigenvalue weighted by atomic mass is 35.5. The maximum Gasteiger partial charge on any atom is 0.256 e. The van der Waals surface area contributed by atoms with Gasteiger partial charge in [-0.25, -0.2) is 0 Å². The van der Waals surface area contributed by atoms with Crippen LogP contribution in [-0.4, -0.2) is 5.91 Å². The van der Waals surface area contributed by atoms with Crippen molar-refractivity contribution in [2.45, 2.75) is 6.17 Å². The number of rotatable bonds is 2. The predicted molar refractivity (Wildman–Crippen MR) is 95.0 cm³/mol. The van der Waals surface area contributed by atoms with Crippen LogP contribution in [0, 0.1) is 0 Å². The molecule has 1 atom stereocenters. The van der Waals surface area contributed by atoms with Crippen LogP contribution >= 0.6 is 22.9 Å². The number of anilines is 1. The standard InChI is InChI=1S/C18H13ClN2OS/c19-14-9-5-4-8-12(14)16-20-17(22)15-13(10-23-18(15)21-16)11-6-2-1-3-7-11/h1-10,16,21H,(H,20,22)/t16-/m1/s1. The number of carbonyl (C=O) groups is 1. The van der Waals surface area contributed by atoms with E-state index in [0.29, 0.717) is 10.6 Å². The average Bonchev–Trinajstić information content (AvgIpc) is 3.00. The van der Waals surface area contributed by atoms with Gasteiger partial charge in [0.05, 0.1) is 5.56 Å². The second-order valence-corrected chi connectivity index (χ2v) is 6.58. The summed E-state index contributed by atoms with van der Waals surface area (Å²) in [6.07, 6.45) is -0.314. The van der Waals surface area contributed by atoms with E-state index in [-0.39, 0.29) is 12.1 Å². The molecule has 0 saturated carbocycles. The number of fused-ring (bicyclic) bond motifs is 1. The Morgan fingerprint density at radius 1 is 0.957 bits per heavy atom. The first-order chi connectivity index (χ1) is 11.2. The summed E-state index contributed by atoms with van der Waals surface area (Å²) in [5, 5.41) is 9.90. The zero-order valence-electron chi connectivity index (χ0n) is 12.0. The fourth-order valence-corrected chi connectivity index (χ4v) is 4.00. The van der Waals surface area contributed by atoms with E-state index in [1.807, 2.05) is 60.0 Å². The Balaban J connectivity index is 1.74. The summed E-state index contributed by atoms with van der Waals surface area (Å²) in [5.41, 5.74) is 3.55. The van der Waals surface area contributed by atoms with Gasteiger partial charge < -0.3 is 10.6 Å². The highest BCUT2D eigenvalue weighted by Crippen LogP contribution is 2.40. The van der Waals surface area contributed by atoms with Crippen molar-refractivity contribution < 1.29 is 4.79 Å². The molecular formula is C18H13ClN2OS. The topological polar surface area (TPSA) is 41.1 Å². The Morgan fingerprint density at radius 2 is 1.70 bits per heavy atom. The van der Waals surface area contributed by atoms with Crippen molar-refractivity contribution in [1.82, 2.24) is 5.32 Å². The van der Waals surface area contributed by atoms with Crippen LogP contribution in [0.25, 0.3) is 11.1 Å². The smallest absolute Gasteiger partial charge is 0.256 e. The summed E-state index contributed by atoms with van der Waals surface area (Å²) in [7, 11) is 0. The lowest BCUT2D eigenvalue weighted by atomic mass is 10.0. The second-order valence-electron chi connectivity index (χ2n) is 5.29. The van der Waals surface area contributed by atoms with Gasteiger partial charge in [0.1, 0.15) is 11.2 Å². The molecule has 0 unspecified atom stereocenters. The minimum atomic E-state index is -0.314. The van der Waals surface area contributed by atoms with E-state index in [0.717, 1.165) is 21.7 Å². The highest BCUT2D eigenvalue weighted by Gasteiger charge is 2.29. The van der Waals surface area contributed by atoms with Gasteiger partial charge in [0.2, 0.25) is 0 Å². The van der Waals surface area contributed by atoms with Gasteiger partial charge in [-0.15, -0.1) is 11.3 Å². The first-order valence-electron chi connectivity index (χ1n) is 7.23. The highest BCUT2D eigenvalue weighted by molar-refractivity contribution is 7.15. The van der Waals surface area contributed by atoms with E-state index >= 15 is 0 Å². The lowest BCUT2D eigenvalue weighted by Crippen LogP contribution is -2.38. The minimum Gasteiger partial charge on any atom is -0.353 e. The van der Waals surface area contributed by atoms with Crippen LogP contribution in [-0.2, 0) is 0 Å². The molecule has 5 heteroatoms. The second kappa shape index (κ2) is 5.72. The van der Waals surface area contributed by atoms with Crippen molar-refractivity contribution in [3.63, 3.8) is 0 Å². The van der Waals surface area contributed by atoms with Crippen molar-refractivity contribution in [2.75, 3.05) is 5.32 Å². The summed E-state index contributed by atoms with van der Waals surface area (Å²) in [6, 6.07) is 17.5. The fourth-order valence-electron chi connectivity index (χ4n) is 2.75. The molecule has 2 heterocycles. The number of hydrogen-bond donors (Lipinski definition) is 2. The average molecular weight is 341 g/mol. The zero-order valence-corrected chi connectivity index (χ0v) is 13.6. The van der Waals surface area contributed by atoms with Crippen LogP contribution in [0.2, 0.25) is 5.02 Å². The fraction of sp³-hybridized carbons (Fsp3) is 0.0556. The van der Waals surface area contributed by atoms with Crippen LogP contribution in [0.15, 0.2) is 60.0 Å². The molecule has 0 bridgehead atoms. The number of benzene rings is 2. The number of halogens is 1. The molecule has 1 amide bonds. The van der Waals surface area contributed by atoms with Crippen molar-refractivity contribution >= 4 is 33.8 Å². The van der Waals surface area contributed by atoms with Crippen LogP contribution in [0.3, 0.4) is 0 Å². The summed E-state index contributed by atoms with van der Waals surface area (Å²) in [4.78, 5) is 12.6. The lowest BCUT2D eigenvalue weighted by Gasteiger charge is -2.27. The molecule has 1 aliphatic heterocycles. The van der Waals surface area contributed by atoms with E-state index in [9.17, 15) is 4.79 Å². The molecule has 0 saturated heterocycles. The van der Waals surface area contributed by atoms with Gasteiger partial charge in [0.25, 0.3) is 5.91 Å². The third-order valence-corrected chi connectivity index (χ3v) is 5.13. The van der Waals surface area contributed by atoms with Gasteiger partial charge in [-0.3, -0.25) is 4.79 Å². The number of hydrogen-bond acceptors (Lipinski definition) is 3. The normalized spacial score (nSPS) is 16.4. The molecule has 0 spiro atoms. The van der Waals surface area contributed by atoms with E-state index in [1.54, 1.807) is 0 Å². The Morgan fingerprint density at radius 3 is 2.48 bits per heavy atom. The number of thiophene rings is 1. The zero-order chi connectivity index (χ0) is 15.8. The molecule has 0 fully saturated rings. The lowest BCUT2D eigenvalue weighted by molar-refractivity contribution is 0.0937. The van der Waals surface area contributed by atoms with E-state index in [1.165, 1.54) is 11.3 Å². The first kappa shape index (κ1) is 14.3. The monoisotopic (exact) mass is 340 g/mol. The summed E-state index contributed by atoms with van der Waals surface area (Å²) >= 11 is 7.79. The largest absolute Gasteiger partial charge is 0.353 e. The Bertz CT molecular complexity index is 876. The minimum absolute atomic E-state index is 0.0798. The van der Waals surface area contributed by atoms with Crippen LogP contribution in [0.5, 0.6) is 0 Å². The van der Waals surface area contributed by atoms with E-state index < -0.39 is 0 Å². The summed E-state index contributed by atoms with van der Waals surface area (Å²) in [5.74, 6) is -0.0798. The molecule has 0 radical (unpaired) electrons. The maximum atomic E-state index is 12.6. The molecule has 114 valence electrons. The van der Waals surface area contributed by atoms with Crippen LogP contribution < -0.4 is 10.6 Å². The Labute approximate surface area is 142 Å². The molecule has 2 N–H and O–H groups in total. The number of nitrogens with one attached hydrogen (secondary N) is 2. The molecular weight excluding hydrogens is 328 g/mol. The predicted octanol–water partition coefficient (Wildman–Crippen LogP) is 4.92. The summed E-state index contributed by atoms with van der Waals surface area (Å²) < 4.78 is 0. The molecule has 4 rings (SSSR count). The molecule has 3 nitrogen and oxygen atoms in total.